The lowest BCUT2D eigenvalue weighted by Crippen LogP contribution is -2.05. The van der Waals surface area contributed by atoms with Gasteiger partial charge in [0.15, 0.2) is 5.78 Å². The Hall–Kier alpha value is -1.62. The van der Waals surface area contributed by atoms with Gasteiger partial charge >= 0.3 is 0 Å². The van der Waals surface area contributed by atoms with Gasteiger partial charge in [-0.25, -0.2) is 4.98 Å². The van der Waals surface area contributed by atoms with Crippen molar-refractivity contribution in [1.29, 1.82) is 0 Å². The third-order valence-electron chi connectivity index (χ3n) is 2.12. The van der Waals surface area contributed by atoms with Crippen molar-refractivity contribution in [2.45, 2.75) is 6.42 Å². The van der Waals surface area contributed by atoms with Crippen molar-refractivity contribution in [3.8, 4) is 0 Å². The van der Waals surface area contributed by atoms with Gasteiger partial charge in [0.1, 0.15) is 5.82 Å². The van der Waals surface area contributed by atoms with E-state index in [4.69, 9.17) is 5.73 Å². The summed E-state index contributed by atoms with van der Waals surface area (Å²) in [6.45, 7) is 0. The number of nitrogens with two attached hydrogens (primary N) is 1. The Kier molecular flexibility index (Phi) is 3.05. The SMILES string of the molecule is Nc1cc(Br)cc(C(=O)Cc2ncc[nH]2)c1. The van der Waals surface area contributed by atoms with E-state index in [0.717, 1.165) is 4.47 Å². The summed E-state index contributed by atoms with van der Waals surface area (Å²) in [5, 5.41) is 0. The molecule has 4 nitrogen and oxygen atoms in total. The maximum Gasteiger partial charge on any atom is 0.170 e. The first kappa shape index (κ1) is 10.9. The largest absolute Gasteiger partial charge is 0.399 e. The van der Waals surface area contributed by atoms with Crippen molar-refractivity contribution in [2.24, 2.45) is 0 Å². The third kappa shape index (κ3) is 2.49. The van der Waals surface area contributed by atoms with Crippen LogP contribution in [0.4, 0.5) is 5.69 Å². The van der Waals surface area contributed by atoms with E-state index in [1.54, 1.807) is 30.6 Å². The molecule has 1 heterocycles. The summed E-state index contributed by atoms with van der Waals surface area (Å²) in [7, 11) is 0. The third-order valence-corrected chi connectivity index (χ3v) is 2.58. The van der Waals surface area contributed by atoms with Crippen molar-refractivity contribution < 1.29 is 4.79 Å². The number of aromatic amines is 1. The molecule has 0 aliphatic heterocycles. The van der Waals surface area contributed by atoms with Crippen LogP contribution in [0.1, 0.15) is 16.2 Å². The lowest BCUT2D eigenvalue weighted by atomic mass is 10.1. The van der Waals surface area contributed by atoms with Crippen molar-refractivity contribution in [3.63, 3.8) is 0 Å². The van der Waals surface area contributed by atoms with Gasteiger partial charge in [-0.05, 0) is 18.2 Å². The number of rotatable bonds is 3. The highest BCUT2D eigenvalue weighted by Gasteiger charge is 2.09. The summed E-state index contributed by atoms with van der Waals surface area (Å²) in [6.07, 6.45) is 3.57. The van der Waals surface area contributed by atoms with E-state index in [9.17, 15) is 4.79 Å². The number of imidazole rings is 1. The minimum atomic E-state index is -0.0112. The number of benzene rings is 1. The van der Waals surface area contributed by atoms with Gasteiger partial charge in [0.25, 0.3) is 0 Å². The fraction of sp³-hybridized carbons (Fsp3) is 0.0909. The number of nitrogens with zero attached hydrogens (tertiary/aromatic N) is 1. The zero-order valence-corrected chi connectivity index (χ0v) is 9.99. The van der Waals surface area contributed by atoms with Crippen LogP contribution in [-0.4, -0.2) is 15.8 Å². The Morgan fingerprint density at radius 3 is 2.88 bits per heavy atom. The Balaban J connectivity index is 2.21. The summed E-state index contributed by atoms with van der Waals surface area (Å²) in [5.41, 5.74) is 6.82. The second kappa shape index (κ2) is 4.49. The van der Waals surface area contributed by atoms with Crippen LogP contribution in [0.15, 0.2) is 35.1 Å². The molecule has 0 spiro atoms. The first-order valence-electron chi connectivity index (χ1n) is 4.72. The molecule has 1 aromatic heterocycles. The number of hydrogen-bond acceptors (Lipinski definition) is 3. The van der Waals surface area contributed by atoms with E-state index in [2.05, 4.69) is 25.9 Å². The minimum absolute atomic E-state index is 0.0112. The number of anilines is 1. The molecule has 2 aromatic rings. The molecular weight excluding hydrogens is 270 g/mol. The summed E-state index contributed by atoms with van der Waals surface area (Å²) >= 11 is 3.30. The van der Waals surface area contributed by atoms with E-state index in [1.807, 2.05) is 0 Å². The highest BCUT2D eigenvalue weighted by Crippen LogP contribution is 2.18. The summed E-state index contributed by atoms with van der Waals surface area (Å²) in [5.74, 6) is 0.645. The molecule has 82 valence electrons. The van der Waals surface area contributed by atoms with Crippen molar-refractivity contribution >= 4 is 27.4 Å². The minimum Gasteiger partial charge on any atom is -0.399 e. The fourth-order valence-corrected chi connectivity index (χ4v) is 1.93. The number of H-pyrrole nitrogens is 1. The number of ketones is 1. The van der Waals surface area contributed by atoms with Gasteiger partial charge in [-0.15, -0.1) is 0 Å². The van der Waals surface area contributed by atoms with E-state index in [0.29, 0.717) is 17.1 Å². The predicted octanol–water partition coefficient (Wildman–Crippen LogP) is 2.18. The molecule has 1 aromatic carbocycles. The number of Topliss-reactive ketones (excluding diaryl/α,β-unsaturated/α-hetero) is 1. The Morgan fingerprint density at radius 2 is 2.25 bits per heavy atom. The summed E-state index contributed by atoms with van der Waals surface area (Å²) < 4.78 is 0.801. The molecule has 2 rings (SSSR count). The molecule has 16 heavy (non-hydrogen) atoms. The number of nitrogens with one attached hydrogen (secondary N) is 1. The van der Waals surface area contributed by atoms with Crippen molar-refractivity contribution in [3.05, 3.63) is 46.5 Å². The van der Waals surface area contributed by atoms with Crippen molar-refractivity contribution in [2.75, 3.05) is 5.73 Å². The van der Waals surface area contributed by atoms with Crippen LogP contribution in [0.3, 0.4) is 0 Å². The molecule has 0 amide bonds. The van der Waals surface area contributed by atoms with E-state index >= 15 is 0 Å². The fourth-order valence-electron chi connectivity index (χ4n) is 1.42. The summed E-state index contributed by atoms with van der Waals surface area (Å²) in [4.78, 5) is 18.8. The molecular formula is C11H10BrN3O. The van der Waals surface area contributed by atoms with Gasteiger partial charge in [0, 0.05) is 28.1 Å². The molecule has 0 saturated heterocycles. The highest BCUT2D eigenvalue weighted by molar-refractivity contribution is 9.10. The lowest BCUT2D eigenvalue weighted by molar-refractivity contribution is 0.0991. The van der Waals surface area contributed by atoms with Crippen LogP contribution in [0, 0.1) is 0 Å². The van der Waals surface area contributed by atoms with Crippen LogP contribution >= 0.6 is 15.9 Å². The molecule has 0 saturated carbocycles. The Morgan fingerprint density at radius 1 is 1.44 bits per heavy atom. The monoisotopic (exact) mass is 279 g/mol. The van der Waals surface area contributed by atoms with E-state index < -0.39 is 0 Å². The van der Waals surface area contributed by atoms with Gasteiger partial charge in [-0.3, -0.25) is 4.79 Å². The zero-order valence-electron chi connectivity index (χ0n) is 8.40. The highest BCUT2D eigenvalue weighted by atomic mass is 79.9. The first-order valence-corrected chi connectivity index (χ1v) is 5.52. The summed E-state index contributed by atoms with van der Waals surface area (Å²) in [6, 6.07) is 5.17. The second-order valence-electron chi connectivity index (χ2n) is 3.41. The number of halogens is 1. The Bertz CT molecular complexity index is 488. The van der Waals surface area contributed by atoms with Gasteiger partial charge in [-0.2, -0.15) is 0 Å². The maximum atomic E-state index is 11.9. The van der Waals surface area contributed by atoms with Gasteiger partial charge < -0.3 is 10.7 Å². The van der Waals surface area contributed by atoms with Crippen LogP contribution < -0.4 is 5.73 Å². The van der Waals surface area contributed by atoms with Gasteiger partial charge in [0.05, 0.1) is 6.42 Å². The molecule has 3 N–H and O–H groups in total. The molecule has 0 radical (unpaired) electrons. The predicted molar refractivity (Wildman–Crippen MR) is 65.2 cm³/mol. The van der Waals surface area contributed by atoms with Gasteiger partial charge in [0.2, 0.25) is 0 Å². The van der Waals surface area contributed by atoms with E-state index in [-0.39, 0.29) is 12.2 Å². The van der Waals surface area contributed by atoms with Crippen LogP contribution in [0.2, 0.25) is 0 Å². The number of nitrogen functional groups attached to an aromatic ring is 1. The molecule has 0 fully saturated rings. The second-order valence-corrected chi connectivity index (χ2v) is 4.32. The zero-order chi connectivity index (χ0) is 11.5. The number of hydrogen-bond donors (Lipinski definition) is 2. The van der Waals surface area contributed by atoms with Crippen molar-refractivity contribution in [1.82, 2.24) is 9.97 Å². The molecule has 0 atom stereocenters. The molecule has 0 unspecified atom stereocenters. The topological polar surface area (TPSA) is 71.8 Å². The van der Waals surface area contributed by atoms with Crippen LogP contribution in [0.5, 0.6) is 0 Å². The smallest absolute Gasteiger partial charge is 0.170 e. The lowest BCUT2D eigenvalue weighted by Gasteiger charge is -2.02. The van der Waals surface area contributed by atoms with Gasteiger partial charge in [-0.1, -0.05) is 15.9 Å². The van der Waals surface area contributed by atoms with Crippen LogP contribution in [-0.2, 0) is 6.42 Å². The maximum absolute atomic E-state index is 11.9. The average molecular weight is 280 g/mol. The molecule has 0 bridgehead atoms. The average Bonchev–Trinajstić information content (AvgIpc) is 2.68. The quantitative estimate of drug-likeness (QED) is 0.668. The van der Waals surface area contributed by atoms with Crippen LogP contribution in [0.25, 0.3) is 0 Å². The molecule has 0 aliphatic carbocycles. The molecule has 5 heteroatoms. The standard InChI is InChI=1S/C11H10BrN3O/c12-8-3-7(4-9(13)5-8)10(16)6-11-14-1-2-15-11/h1-5H,6,13H2,(H,14,15). The first-order chi connectivity index (χ1) is 7.65. The number of aromatic nitrogens is 2. The molecule has 0 aliphatic rings. The van der Waals surface area contributed by atoms with E-state index in [1.165, 1.54) is 0 Å². The Labute approximate surface area is 101 Å². The number of carbonyl (C=O) groups is 1. The normalized spacial score (nSPS) is 10.3. The number of carbonyl (C=O) groups excluding carboxylic acids is 1.